The van der Waals surface area contributed by atoms with Crippen molar-refractivity contribution >= 4 is 16.3 Å². The van der Waals surface area contributed by atoms with Crippen LogP contribution in [-0.4, -0.2) is 33.5 Å². The number of benzene rings is 1. The number of rotatable bonds is 6. The van der Waals surface area contributed by atoms with Gasteiger partial charge in [-0.2, -0.15) is 9.61 Å². The van der Waals surface area contributed by atoms with E-state index in [0.29, 0.717) is 6.61 Å². The van der Waals surface area contributed by atoms with Crippen molar-refractivity contribution in [2.45, 2.75) is 19.3 Å². The molecule has 0 saturated heterocycles. The molecule has 5 nitrogen and oxygen atoms in total. The fraction of sp³-hybridized carbons (Fsp3) is 0.357. The van der Waals surface area contributed by atoms with E-state index >= 15 is 0 Å². The molecule has 0 atom stereocenters. The maximum Gasteiger partial charge on any atom is 0.234 e. The minimum absolute atomic E-state index is 0.637. The summed E-state index contributed by atoms with van der Waals surface area (Å²) in [7, 11) is 1.69. The molecule has 0 unspecified atom stereocenters. The third-order valence-electron chi connectivity index (χ3n) is 3.10. The second-order valence-electron chi connectivity index (χ2n) is 4.53. The van der Waals surface area contributed by atoms with Crippen LogP contribution in [-0.2, 0) is 24.0 Å². The van der Waals surface area contributed by atoms with Gasteiger partial charge in [0.1, 0.15) is 5.01 Å². The Morgan fingerprint density at radius 2 is 1.95 bits per heavy atom. The lowest BCUT2D eigenvalue weighted by Gasteiger charge is -1.97. The fourth-order valence-corrected chi connectivity index (χ4v) is 2.89. The SMILES string of the molecule is COCCc1nnc2sc(CCc3ccccc3)nn12. The molecule has 104 valence electrons. The monoisotopic (exact) mass is 288 g/mol. The number of nitrogens with zero attached hydrogens (tertiary/aromatic N) is 4. The lowest BCUT2D eigenvalue weighted by Crippen LogP contribution is -2.02. The topological polar surface area (TPSA) is 52.3 Å². The molecule has 3 rings (SSSR count). The average molecular weight is 288 g/mol. The molecule has 0 amide bonds. The summed E-state index contributed by atoms with van der Waals surface area (Å²) in [4.78, 5) is 0.860. The first-order chi connectivity index (χ1) is 9.86. The molecule has 0 aliphatic carbocycles. The number of hydrogen-bond acceptors (Lipinski definition) is 5. The van der Waals surface area contributed by atoms with Gasteiger partial charge in [0.25, 0.3) is 0 Å². The summed E-state index contributed by atoms with van der Waals surface area (Å²) in [6, 6.07) is 10.5. The molecule has 0 spiro atoms. The van der Waals surface area contributed by atoms with Crippen LogP contribution in [0.25, 0.3) is 4.96 Å². The molecule has 0 radical (unpaired) electrons. The predicted molar refractivity (Wildman–Crippen MR) is 78.1 cm³/mol. The number of fused-ring (bicyclic) bond motifs is 1. The third kappa shape index (κ3) is 2.86. The summed E-state index contributed by atoms with van der Waals surface area (Å²) in [5.74, 6) is 0.865. The molecule has 1 aromatic carbocycles. The van der Waals surface area contributed by atoms with E-state index in [9.17, 15) is 0 Å². The first-order valence-corrected chi connectivity index (χ1v) is 7.41. The van der Waals surface area contributed by atoms with Gasteiger partial charge in [-0.15, -0.1) is 10.2 Å². The van der Waals surface area contributed by atoms with Crippen LogP contribution in [0.3, 0.4) is 0 Å². The van der Waals surface area contributed by atoms with Crippen LogP contribution in [0.5, 0.6) is 0 Å². The normalized spacial score (nSPS) is 11.2. The molecule has 20 heavy (non-hydrogen) atoms. The van der Waals surface area contributed by atoms with Gasteiger partial charge in [-0.1, -0.05) is 41.7 Å². The van der Waals surface area contributed by atoms with Crippen LogP contribution in [0.1, 0.15) is 16.4 Å². The van der Waals surface area contributed by atoms with Crippen LogP contribution in [0, 0.1) is 0 Å². The predicted octanol–water partition coefficient (Wildman–Crippen LogP) is 2.16. The molecule has 0 aliphatic heterocycles. The summed E-state index contributed by atoms with van der Waals surface area (Å²) in [5.41, 5.74) is 1.33. The fourth-order valence-electron chi connectivity index (χ4n) is 2.04. The van der Waals surface area contributed by atoms with Gasteiger partial charge >= 0.3 is 0 Å². The summed E-state index contributed by atoms with van der Waals surface area (Å²) in [5, 5.41) is 14.0. The van der Waals surface area contributed by atoms with Gasteiger partial charge in [0.15, 0.2) is 5.82 Å². The third-order valence-corrected chi connectivity index (χ3v) is 4.06. The number of aryl methyl sites for hydroxylation is 2. The molecular formula is C14H16N4OS. The smallest absolute Gasteiger partial charge is 0.234 e. The Bertz CT molecular complexity index is 677. The Hall–Kier alpha value is -1.79. The van der Waals surface area contributed by atoms with E-state index in [1.54, 1.807) is 18.4 Å². The Kier molecular flexibility index (Phi) is 4.03. The minimum atomic E-state index is 0.637. The van der Waals surface area contributed by atoms with Crippen LogP contribution >= 0.6 is 11.3 Å². The average Bonchev–Trinajstić information content (AvgIpc) is 3.04. The van der Waals surface area contributed by atoms with Gasteiger partial charge in [-0.3, -0.25) is 0 Å². The molecule has 2 heterocycles. The van der Waals surface area contributed by atoms with Crippen molar-refractivity contribution in [3.8, 4) is 0 Å². The second kappa shape index (κ2) is 6.11. The number of ether oxygens (including phenoxy) is 1. The Morgan fingerprint density at radius 3 is 2.75 bits per heavy atom. The quantitative estimate of drug-likeness (QED) is 0.697. The van der Waals surface area contributed by atoms with Crippen molar-refractivity contribution in [3.05, 3.63) is 46.7 Å². The van der Waals surface area contributed by atoms with E-state index in [-0.39, 0.29) is 0 Å². The van der Waals surface area contributed by atoms with Crippen LogP contribution in [0.4, 0.5) is 0 Å². The first kappa shape index (κ1) is 13.2. The molecule has 2 aromatic heterocycles. The highest BCUT2D eigenvalue weighted by molar-refractivity contribution is 7.16. The molecule has 0 fully saturated rings. The van der Waals surface area contributed by atoms with Crippen molar-refractivity contribution in [2.75, 3.05) is 13.7 Å². The standard InChI is InChI=1S/C14H16N4OS/c1-19-10-9-12-15-16-14-18(12)17-13(20-14)8-7-11-5-3-2-4-6-11/h2-6H,7-10H2,1H3. The number of aromatic nitrogens is 4. The maximum absolute atomic E-state index is 5.07. The Balaban J connectivity index is 1.71. The maximum atomic E-state index is 5.07. The van der Waals surface area contributed by atoms with Gasteiger partial charge in [-0.05, 0) is 12.0 Å². The molecule has 0 bridgehead atoms. The molecule has 3 aromatic rings. The number of hydrogen-bond donors (Lipinski definition) is 0. The van der Waals surface area contributed by atoms with Crippen molar-refractivity contribution in [3.63, 3.8) is 0 Å². The Morgan fingerprint density at radius 1 is 1.10 bits per heavy atom. The van der Waals surface area contributed by atoms with Crippen LogP contribution in [0.15, 0.2) is 30.3 Å². The van der Waals surface area contributed by atoms with E-state index in [1.165, 1.54) is 5.56 Å². The van der Waals surface area contributed by atoms with Crippen molar-refractivity contribution in [2.24, 2.45) is 0 Å². The van der Waals surface area contributed by atoms with Gasteiger partial charge in [-0.25, -0.2) is 0 Å². The van der Waals surface area contributed by atoms with E-state index in [0.717, 1.165) is 35.1 Å². The van der Waals surface area contributed by atoms with E-state index in [1.807, 2.05) is 10.6 Å². The highest BCUT2D eigenvalue weighted by Crippen LogP contribution is 2.16. The lowest BCUT2D eigenvalue weighted by atomic mass is 10.1. The summed E-state index contributed by atoms with van der Waals surface area (Å²) in [6.07, 6.45) is 2.67. The van der Waals surface area contributed by atoms with Crippen LogP contribution < -0.4 is 0 Å². The van der Waals surface area contributed by atoms with E-state index in [2.05, 4.69) is 39.6 Å². The van der Waals surface area contributed by atoms with Gasteiger partial charge in [0.2, 0.25) is 4.96 Å². The van der Waals surface area contributed by atoms with Crippen molar-refractivity contribution in [1.29, 1.82) is 0 Å². The zero-order valence-corrected chi connectivity index (χ0v) is 12.1. The second-order valence-corrected chi connectivity index (χ2v) is 5.58. The molecular weight excluding hydrogens is 272 g/mol. The first-order valence-electron chi connectivity index (χ1n) is 6.59. The van der Waals surface area contributed by atoms with E-state index in [4.69, 9.17) is 4.74 Å². The van der Waals surface area contributed by atoms with Gasteiger partial charge in [0.05, 0.1) is 6.61 Å². The van der Waals surface area contributed by atoms with Crippen LogP contribution in [0.2, 0.25) is 0 Å². The van der Waals surface area contributed by atoms with Crippen molar-refractivity contribution < 1.29 is 4.74 Å². The lowest BCUT2D eigenvalue weighted by molar-refractivity contribution is 0.200. The number of methoxy groups -OCH3 is 1. The molecule has 6 heteroatoms. The molecule has 0 saturated carbocycles. The zero-order valence-electron chi connectivity index (χ0n) is 11.3. The highest BCUT2D eigenvalue weighted by Gasteiger charge is 2.11. The van der Waals surface area contributed by atoms with E-state index < -0.39 is 0 Å². The highest BCUT2D eigenvalue weighted by atomic mass is 32.1. The molecule has 0 aliphatic rings. The summed E-state index contributed by atoms with van der Waals surface area (Å²) < 4.78 is 6.91. The van der Waals surface area contributed by atoms with Gasteiger partial charge in [0, 0.05) is 20.0 Å². The molecule has 0 N–H and O–H groups in total. The van der Waals surface area contributed by atoms with Crippen molar-refractivity contribution in [1.82, 2.24) is 19.8 Å². The minimum Gasteiger partial charge on any atom is -0.384 e. The zero-order chi connectivity index (χ0) is 13.8. The van der Waals surface area contributed by atoms with Gasteiger partial charge < -0.3 is 4.74 Å². The largest absolute Gasteiger partial charge is 0.384 e. The summed E-state index contributed by atoms with van der Waals surface area (Å²) >= 11 is 1.61. The summed E-state index contributed by atoms with van der Waals surface area (Å²) in [6.45, 7) is 0.637. The Labute approximate surface area is 121 Å².